The summed E-state index contributed by atoms with van der Waals surface area (Å²) >= 11 is 6.55. The van der Waals surface area contributed by atoms with Crippen LogP contribution in [0.5, 0.6) is 17.2 Å². The van der Waals surface area contributed by atoms with Crippen LogP contribution in [-0.2, 0) is 0 Å². The molecule has 1 aromatic heterocycles. The Bertz CT molecular complexity index is 566. The van der Waals surface area contributed by atoms with E-state index >= 15 is 0 Å². The maximum atomic E-state index is 6.55. The van der Waals surface area contributed by atoms with Crippen molar-refractivity contribution in [2.24, 2.45) is 0 Å². The van der Waals surface area contributed by atoms with E-state index < -0.39 is 5.38 Å². The maximum absolute atomic E-state index is 6.55. The fourth-order valence-electron chi connectivity index (χ4n) is 2.05. The average molecular weight is 297 g/mol. The van der Waals surface area contributed by atoms with Gasteiger partial charge in [-0.05, 0) is 13.0 Å². The molecule has 0 saturated carbocycles. The fourth-order valence-corrected chi connectivity index (χ4v) is 2.38. The molecule has 1 heterocycles. The molecule has 2 aromatic rings. The van der Waals surface area contributed by atoms with E-state index in [1.54, 1.807) is 39.7 Å². The summed E-state index contributed by atoms with van der Waals surface area (Å²) in [6.45, 7) is 1.87. The first-order valence-electron chi connectivity index (χ1n) is 6.09. The predicted molar refractivity (Wildman–Crippen MR) is 77.2 cm³/mol. The molecule has 108 valence electrons. The molecule has 0 aliphatic carbocycles. The third-order valence-electron chi connectivity index (χ3n) is 3.05. The number of hydrogen-bond donors (Lipinski definition) is 0. The van der Waals surface area contributed by atoms with E-state index in [9.17, 15) is 0 Å². The Hall–Kier alpha value is -1.81. The Morgan fingerprint density at radius 1 is 1.00 bits per heavy atom. The standard InChI is InChI=1S/C15H17ClO4/c1-9-5-10(8-20-9)15(16)14-12(18-3)6-11(17-2)7-13(14)19-4/h5-8,15H,1-4H3. The molecule has 0 aliphatic rings. The number of halogens is 1. The lowest BCUT2D eigenvalue weighted by Gasteiger charge is -2.18. The fraction of sp³-hybridized carbons (Fsp3) is 0.333. The van der Waals surface area contributed by atoms with Crippen molar-refractivity contribution < 1.29 is 18.6 Å². The molecule has 1 unspecified atom stereocenters. The zero-order chi connectivity index (χ0) is 14.7. The van der Waals surface area contributed by atoms with Gasteiger partial charge in [-0.2, -0.15) is 0 Å². The van der Waals surface area contributed by atoms with Crippen molar-refractivity contribution in [2.45, 2.75) is 12.3 Å². The van der Waals surface area contributed by atoms with Gasteiger partial charge in [0.1, 0.15) is 23.0 Å². The summed E-state index contributed by atoms with van der Waals surface area (Å²) < 4.78 is 21.3. The number of ether oxygens (including phenoxy) is 3. The molecule has 20 heavy (non-hydrogen) atoms. The van der Waals surface area contributed by atoms with Crippen LogP contribution in [-0.4, -0.2) is 21.3 Å². The summed E-state index contributed by atoms with van der Waals surface area (Å²) in [7, 11) is 4.76. The molecule has 1 aromatic carbocycles. The van der Waals surface area contributed by atoms with Crippen LogP contribution >= 0.6 is 11.6 Å². The second-order valence-electron chi connectivity index (χ2n) is 4.30. The highest BCUT2D eigenvalue weighted by atomic mass is 35.5. The van der Waals surface area contributed by atoms with Gasteiger partial charge in [0.2, 0.25) is 0 Å². The largest absolute Gasteiger partial charge is 0.496 e. The second-order valence-corrected chi connectivity index (χ2v) is 4.74. The molecule has 5 heteroatoms. The highest BCUT2D eigenvalue weighted by molar-refractivity contribution is 6.23. The molecule has 0 spiro atoms. The highest BCUT2D eigenvalue weighted by Crippen LogP contribution is 2.44. The van der Waals surface area contributed by atoms with Gasteiger partial charge in [-0.15, -0.1) is 11.6 Å². The van der Waals surface area contributed by atoms with Gasteiger partial charge in [0.25, 0.3) is 0 Å². The lowest BCUT2D eigenvalue weighted by Crippen LogP contribution is -2.01. The van der Waals surface area contributed by atoms with E-state index in [0.29, 0.717) is 17.2 Å². The molecule has 0 bridgehead atoms. The van der Waals surface area contributed by atoms with E-state index in [1.807, 2.05) is 13.0 Å². The smallest absolute Gasteiger partial charge is 0.131 e. The van der Waals surface area contributed by atoms with E-state index in [0.717, 1.165) is 16.9 Å². The van der Waals surface area contributed by atoms with E-state index in [1.165, 1.54) is 0 Å². The summed E-state index contributed by atoms with van der Waals surface area (Å²) in [5, 5.41) is -0.428. The zero-order valence-electron chi connectivity index (χ0n) is 11.9. The Morgan fingerprint density at radius 2 is 1.60 bits per heavy atom. The molecular weight excluding hydrogens is 280 g/mol. The molecular formula is C15H17ClO4. The van der Waals surface area contributed by atoms with Crippen molar-refractivity contribution in [1.29, 1.82) is 0 Å². The van der Waals surface area contributed by atoms with E-state index in [4.69, 9.17) is 30.2 Å². The lowest BCUT2D eigenvalue weighted by atomic mass is 10.0. The molecule has 4 nitrogen and oxygen atoms in total. The van der Waals surface area contributed by atoms with Gasteiger partial charge in [0, 0.05) is 17.7 Å². The second kappa shape index (κ2) is 6.09. The van der Waals surface area contributed by atoms with Crippen LogP contribution in [0.25, 0.3) is 0 Å². The first kappa shape index (κ1) is 14.6. The lowest BCUT2D eigenvalue weighted by molar-refractivity contribution is 0.369. The zero-order valence-corrected chi connectivity index (χ0v) is 12.7. The number of alkyl halides is 1. The van der Waals surface area contributed by atoms with Gasteiger partial charge in [0.15, 0.2) is 0 Å². The summed E-state index contributed by atoms with van der Waals surface area (Å²) in [5.41, 5.74) is 1.60. The first-order chi connectivity index (χ1) is 9.60. The van der Waals surface area contributed by atoms with Crippen LogP contribution in [0.2, 0.25) is 0 Å². The van der Waals surface area contributed by atoms with Crippen molar-refractivity contribution >= 4 is 11.6 Å². The van der Waals surface area contributed by atoms with Crippen molar-refractivity contribution in [3.05, 3.63) is 41.3 Å². The minimum atomic E-state index is -0.428. The van der Waals surface area contributed by atoms with Gasteiger partial charge in [-0.3, -0.25) is 0 Å². The highest BCUT2D eigenvalue weighted by Gasteiger charge is 2.23. The van der Waals surface area contributed by atoms with Crippen molar-refractivity contribution in [1.82, 2.24) is 0 Å². The number of aryl methyl sites for hydroxylation is 1. The first-order valence-corrected chi connectivity index (χ1v) is 6.53. The minimum Gasteiger partial charge on any atom is -0.496 e. The quantitative estimate of drug-likeness (QED) is 0.784. The normalized spacial score (nSPS) is 12.1. The number of rotatable bonds is 5. The number of hydrogen-bond acceptors (Lipinski definition) is 4. The topological polar surface area (TPSA) is 40.8 Å². The van der Waals surface area contributed by atoms with Crippen LogP contribution in [0.4, 0.5) is 0 Å². The van der Waals surface area contributed by atoms with Gasteiger partial charge in [-0.1, -0.05) is 0 Å². The molecule has 0 aliphatic heterocycles. The predicted octanol–water partition coefficient (Wildman–Crippen LogP) is 3.94. The van der Waals surface area contributed by atoms with Crippen molar-refractivity contribution in [2.75, 3.05) is 21.3 Å². The Kier molecular flexibility index (Phi) is 4.45. The molecule has 2 rings (SSSR count). The Labute approximate surface area is 123 Å². The number of furan rings is 1. The molecule has 0 radical (unpaired) electrons. The van der Waals surface area contributed by atoms with Crippen LogP contribution in [0.15, 0.2) is 28.9 Å². The average Bonchev–Trinajstić information content (AvgIpc) is 2.91. The minimum absolute atomic E-state index is 0.428. The van der Waals surface area contributed by atoms with Crippen molar-refractivity contribution in [3.8, 4) is 17.2 Å². The molecule has 0 fully saturated rings. The van der Waals surface area contributed by atoms with Crippen LogP contribution in [0.3, 0.4) is 0 Å². The monoisotopic (exact) mass is 296 g/mol. The Morgan fingerprint density at radius 3 is 2.00 bits per heavy atom. The summed E-state index contributed by atoms with van der Waals surface area (Å²) in [6.07, 6.45) is 1.64. The van der Waals surface area contributed by atoms with Gasteiger partial charge < -0.3 is 18.6 Å². The molecule has 0 N–H and O–H groups in total. The SMILES string of the molecule is COc1cc(OC)c(C(Cl)c2coc(C)c2)c(OC)c1. The van der Waals surface area contributed by atoms with Gasteiger partial charge in [-0.25, -0.2) is 0 Å². The van der Waals surface area contributed by atoms with Gasteiger partial charge in [0.05, 0.1) is 38.5 Å². The number of benzene rings is 1. The Balaban J connectivity index is 2.53. The van der Waals surface area contributed by atoms with Gasteiger partial charge >= 0.3 is 0 Å². The third kappa shape index (κ3) is 2.70. The van der Waals surface area contributed by atoms with Crippen LogP contribution < -0.4 is 14.2 Å². The number of methoxy groups -OCH3 is 3. The molecule has 0 amide bonds. The summed E-state index contributed by atoms with van der Waals surface area (Å²) in [5.74, 6) is 2.67. The third-order valence-corrected chi connectivity index (χ3v) is 3.52. The summed E-state index contributed by atoms with van der Waals surface area (Å²) in [6, 6.07) is 5.45. The maximum Gasteiger partial charge on any atom is 0.131 e. The molecule has 0 saturated heterocycles. The van der Waals surface area contributed by atoms with Crippen LogP contribution in [0, 0.1) is 6.92 Å². The van der Waals surface area contributed by atoms with Crippen molar-refractivity contribution in [3.63, 3.8) is 0 Å². The van der Waals surface area contributed by atoms with E-state index in [2.05, 4.69) is 0 Å². The summed E-state index contributed by atoms with van der Waals surface area (Å²) in [4.78, 5) is 0. The van der Waals surface area contributed by atoms with Crippen LogP contribution in [0.1, 0.15) is 22.3 Å². The van der Waals surface area contributed by atoms with E-state index in [-0.39, 0.29) is 0 Å². The molecule has 1 atom stereocenters.